The van der Waals surface area contributed by atoms with Crippen LogP contribution in [0.25, 0.3) is 11.2 Å². The summed E-state index contributed by atoms with van der Waals surface area (Å²) in [6, 6.07) is 13.6. The molecule has 10 nitrogen and oxygen atoms in total. The predicted molar refractivity (Wildman–Crippen MR) is 144 cm³/mol. The topological polar surface area (TPSA) is 121 Å². The van der Waals surface area contributed by atoms with Gasteiger partial charge in [-0.3, -0.25) is 0 Å². The minimum absolute atomic E-state index is 0.00547. The Hall–Kier alpha value is -4.65. The lowest BCUT2D eigenvalue weighted by molar-refractivity contribution is 0.00691. The molecule has 0 aliphatic rings. The molecule has 0 fully saturated rings. The van der Waals surface area contributed by atoms with Crippen molar-refractivity contribution in [3.05, 3.63) is 59.4 Å². The molecule has 0 saturated heterocycles. The summed E-state index contributed by atoms with van der Waals surface area (Å²) in [6.45, 7) is 12.3. The molecule has 2 aromatic heterocycles. The van der Waals surface area contributed by atoms with E-state index in [2.05, 4.69) is 16.0 Å². The minimum Gasteiger partial charge on any atom is -0.490 e. The van der Waals surface area contributed by atoms with Crippen LogP contribution < -0.4 is 14.2 Å². The first-order valence-corrected chi connectivity index (χ1v) is 12.8. The van der Waals surface area contributed by atoms with E-state index in [4.69, 9.17) is 23.9 Å². The summed E-state index contributed by atoms with van der Waals surface area (Å²) in [5, 5.41) is 9.38. The van der Waals surface area contributed by atoms with Gasteiger partial charge in [-0.25, -0.2) is 9.78 Å². The van der Waals surface area contributed by atoms with Crippen LogP contribution in [0.15, 0.2) is 42.5 Å². The van der Waals surface area contributed by atoms with Crippen molar-refractivity contribution in [3.63, 3.8) is 0 Å². The highest BCUT2D eigenvalue weighted by Gasteiger charge is 2.22. The van der Waals surface area contributed by atoms with E-state index in [0.29, 0.717) is 59.1 Å². The quantitative estimate of drug-likeness (QED) is 0.233. The monoisotopic (exact) mass is 529 g/mol. The van der Waals surface area contributed by atoms with Crippen LogP contribution >= 0.6 is 0 Å². The summed E-state index contributed by atoms with van der Waals surface area (Å²) >= 11 is 0. The van der Waals surface area contributed by atoms with Gasteiger partial charge in [-0.2, -0.15) is 15.2 Å². The van der Waals surface area contributed by atoms with Crippen LogP contribution in [0.2, 0.25) is 0 Å². The van der Waals surface area contributed by atoms with Crippen molar-refractivity contribution >= 4 is 17.1 Å². The van der Waals surface area contributed by atoms with Crippen molar-refractivity contribution < 1.29 is 23.7 Å². The first-order valence-electron chi connectivity index (χ1n) is 12.8. The van der Waals surface area contributed by atoms with Gasteiger partial charge in [0.15, 0.2) is 22.7 Å². The number of fused-ring (bicyclic) bond motifs is 1. The molecule has 0 spiro atoms. The molecule has 0 aliphatic carbocycles. The Kier molecular flexibility index (Phi) is 8.00. The van der Waals surface area contributed by atoms with Crippen LogP contribution in [0.1, 0.15) is 63.3 Å². The first kappa shape index (κ1) is 27.4. The lowest BCUT2D eigenvalue weighted by Crippen LogP contribution is -2.23. The fourth-order valence-corrected chi connectivity index (χ4v) is 3.89. The van der Waals surface area contributed by atoms with E-state index in [1.807, 2.05) is 46.1 Å². The number of hydrogen-bond acceptors (Lipinski definition) is 9. The normalized spacial score (nSPS) is 11.2. The molecule has 0 aliphatic heterocycles. The molecule has 2 aromatic carbocycles. The lowest BCUT2D eigenvalue weighted by atomic mass is 10.1. The van der Waals surface area contributed by atoms with E-state index in [1.165, 1.54) is 0 Å². The van der Waals surface area contributed by atoms with Gasteiger partial charge in [0.25, 0.3) is 5.88 Å². The van der Waals surface area contributed by atoms with Crippen LogP contribution in [0, 0.1) is 11.3 Å². The largest absolute Gasteiger partial charge is 0.490 e. The molecular weight excluding hydrogens is 498 g/mol. The molecule has 0 saturated carbocycles. The number of ether oxygens (including phenoxy) is 4. The van der Waals surface area contributed by atoms with E-state index >= 15 is 0 Å². The molecule has 0 unspecified atom stereocenters. The van der Waals surface area contributed by atoms with Gasteiger partial charge < -0.3 is 23.5 Å². The summed E-state index contributed by atoms with van der Waals surface area (Å²) in [4.78, 5) is 26.5. The molecule has 0 radical (unpaired) electrons. The van der Waals surface area contributed by atoms with Gasteiger partial charge >= 0.3 is 12.0 Å². The van der Waals surface area contributed by atoms with Gasteiger partial charge in [0, 0.05) is 19.0 Å². The maximum absolute atomic E-state index is 12.6. The zero-order valence-corrected chi connectivity index (χ0v) is 22.9. The number of nitrogens with zero attached hydrogens (tertiary/aromatic N) is 5. The smallest absolute Gasteiger partial charge is 0.338 e. The minimum atomic E-state index is -0.633. The summed E-state index contributed by atoms with van der Waals surface area (Å²) in [5.41, 5.74) is 1.10. The zero-order chi connectivity index (χ0) is 28.2. The SMILES string of the molecule is CCOc1ccc(C#N)cc1Oc1nc(Oc2cccc(C(=O)OC(C)(C)C)c2)c2nc(CC)n(CC)c2n1. The molecule has 4 rings (SSSR count). The Bertz CT molecular complexity index is 1550. The standard InChI is InChI=1S/C29H31N5O5/c1-7-23-31-24-25(34(23)8-2)32-28(38-22-15-18(17-30)13-14-21(22)36-9-3)33-26(24)37-20-12-10-11-19(16-20)27(35)39-29(4,5)6/h10-16H,7-9H2,1-6H3. The Labute approximate surface area is 227 Å². The van der Waals surface area contributed by atoms with Gasteiger partial charge in [0.1, 0.15) is 17.2 Å². The summed E-state index contributed by atoms with van der Waals surface area (Å²) in [7, 11) is 0. The maximum Gasteiger partial charge on any atom is 0.338 e. The molecule has 0 bridgehead atoms. The predicted octanol–water partition coefficient (Wildman–Crippen LogP) is 6.22. The van der Waals surface area contributed by atoms with Crippen LogP contribution in [0.5, 0.6) is 29.1 Å². The fraction of sp³-hybridized carbons (Fsp3) is 0.345. The number of esters is 1. The van der Waals surface area contributed by atoms with Gasteiger partial charge in [0.05, 0.1) is 23.8 Å². The molecule has 0 N–H and O–H groups in total. The molecule has 0 amide bonds. The third-order valence-electron chi connectivity index (χ3n) is 5.51. The Balaban J connectivity index is 1.79. The number of imidazole rings is 1. The second-order valence-electron chi connectivity index (χ2n) is 9.55. The number of carbonyl (C=O) groups excluding carboxylic acids is 1. The van der Waals surface area contributed by atoms with Crippen LogP contribution in [-0.4, -0.2) is 37.7 Å². The number of hydrogen-bond donors (Lipinski definition) is 0. The van der Waals surface area contributed by atoms with Crippen molar-refractivity contribution in [2.75, 3.05) is 6.61 Å². The number of carbonyl (C=O) groups is 1. The highest BCUT2D eigenvalue weighted by molar-refractivity contribution is 5.90. The van der Waals surface area contributed by atoms with Gasteiger partial charge in [-0.1, -0.05) is 13.0 Å². The summed E-state index contributed by atoms with van der Waals surface area (Å²) in [5.74, 6) is 1.63. The van der Waals surface area contributed by atoms with Crippen molar-refractivity contribution in [3.8, 4) is 35.2 Å². The van der Waals surface area contributed by atoms with Gasteiger partial charge in [-0.05, 0) is 65.0 Å². The zero-order valence-electron chi connectivity index (χ0n) is 22.9. The summed E-state index contributed by atoms with van der Waals surface area (Å²) in [6.07, 6.45) is 0.673. The number of benzene rings is 2. The summed E-state index contributed by atoms with van der Waals surface area (Å²) < 4.78 is 25.4. The fourth-order valence-electron chi connectivity index (χ4n) is 3.89. The van der Waals surface area contributed by atoms with Crippen molar-refractivity contribution in [1.29, 1.82) is 5.26 Å². The molecule has 39 heavy (non-hydrogen) atoms. The molecule has 2 heterocycles. The van der Waals surface area contributed by atoms with Crippen molar-refractivity contribution in [2.45, 2.75) is 60.1 Å². The van der Waals surface area contributed by atoms with E-state index in [0.717, 1.165) is 5.82 Å². The number of rotatable bonds is 9. The molecule has 202 valence electrons. The van der Waals surface area contributed by atoms with Crippen molar-refractivity contribution in [1.82, 2.24) is 19.5 Å². The Morgan fingerprint density at radius 1 is 1.00 bits per heavy atom. The number of nitriles is 1. The molecular formula is C29H31N5O5. The van der Waals surface area contributed by atoms with Crippen LogP contribution in [0.3, 0.4) is 0 Å². The molecule has 4 aromatic rings. The highest BCUT2D eigenvalue weighted by atomic mass is 16.6. The third-order valence-corrected chi connectivity index (χ3v) is 5.51. The first-order chi connectivity index (χ1) is 18.6. The van der Waals surface area contributed by atoms with E-state index in [1.54, 1.807) is 42.5 Å². The maximum atomic E-state index is 12.6. The average Bonchev–Trinajstić information content (AvgIpc) is 3.27. The van der Waals surface area contributed by atoms with Crippen LogP contribution in [-0.2, 0) is 17.7 Å². The highest BCUT2D eigenvalue weighted by Crippen LogP contribution is 2.35. The van der Waals surface area contributed by atoms with E-state index in [-0.39, 0.29) is 11.9 Å². The number of aromatic nitrogens is 4. The van der Waals surface area contributed by atoms with Gasteiger partial charge in [0.2, 0.25) is 0 Å². The van der Waals surface area contributed by atoms with Gasteiger partial charge in [-0.15, -0.1) is 0 Å². The second kappa shape index (κ2) is 11.4. The van der Waals surface area contributed by atoms with E-state index < -0.39 is 11.6 Å². The average molecular weight is 530 g/mol. The Morgan fingerprint density at radius 3 is 2.46 bits per heavy atom. The third kappa shape index (κ3) is 6.26. The number of aryl methyl sites for hydroxylation is 2. The van der Waals surface area contributed by atoms with E-state index in [9.17, 15) is 10.1 Å². The molecule has 10 heteroatoms. The molecule has 0 atom stereocenters. The van der Waals surface area contributed by atoms with Crippen LogP contribution in [0.4, 0.5) is 0 Å². The van der Waals surface area contributed by atoms with Crippen molar-refractivity contribution in [2.24, 2.45) is 0 Å². The second-order valence-corrected chi connectivity index (χ2v) is 9.55. The lowest BCUT2D eigenvalue weighted by Gasteiger charge is -2.19. The Morgan fingerprint density at radius 2 is 1.79 bits per heavy atom.